The van der Waals surface area contributed by atoms with Gasteiger partial charge in [-0.3, -0.25) is 0 Å². The molecule has 1 atom stereocenters. The summed E-state index contributed by atoms with van der Waals surface area (Å²) in [6.07, 6.45) is 1.64. The summed E-state index contributed by atoms with van der Waals surface area (Å²) in [6.45, 7) is 3.66. The Labute approximate surface area is 95.6 Å². The normalized spacial score (nSPS) is 11.8. The molecule has 0 radical (unpaired) electrons. The highest BCUT2D eigenvalue weighted by molar-refractivity contribution is 5.57. The Bertz CT molecular complexity index is 377. The average Bonchev–Trinajstić information content (AvgIpc) is 2.35. The summed E-state index contributed by atoms with van der Waals surface area (Å²) >= 11 is 0. The lowest BCUT2D eigenvalue weighted by molar-refractivity contribution is 0.321. The molecule has 0 saturated carbocycles. The van der Waals surface area contributed by atoms with Gasteiger partial charge in [0.15, 0.2) is 11.5 Å². The van der Waals surface area contributed by atoms with Gasteiger partial charge in [-0.15, -0.1) is 6.58 Å². The fourth-order valence-electron chi connectivity index (χ4n) is 1.51. The van der Waals surface area contributed by atoms with Crippen LogP contribution in [0.5, 0.6) is 17.2 Å². The molecule has 0 unspecified atom stereocenters. The van der Waals surface area contributed by atoms with Gasteiger partial charge in [0.1, 0.15) is 0 Å². The molecule has 0 aliphatic rings. The molecule has 0 aliphatic carbocycles. The number of hydrogen-bond acceptors (Lipinski definition) is 4. The molecule has 0 spiro atoms. The third-order valence-corrected chi connectivity index (χ3v) is 2.35. The van der Waals surface area contributed by atoms with E-state index in [1.807, 2.05) is 6.07 Å². The van der Waals surface area contributed by atoms with Gasteiger partial charge >= 0.3 is 0 Å². The lowest BCUT2D eigenvalue weighted by atomic mass is 10.1. The van der Waals surface area contributed by atoms with E-state index in [4.69, 9.17) is 19.9 Å². The van der Waals surface area contributed by atoms with Gasteiger partial charge in [0.2, 0.25) is 5.75 Å². The maximum Gasteiger partial charge on any atom is 0.203 e. The lowest BCUT2D eigenvalue weighted by Crippen LogP contribution is -2.09. The first-order valence-corrected chi connectivity index (χ1v) is 4.86. The summed E-state index contributed by atoms with van der Waals surface area (Å²) in [5, 5.41) is 0. The molecule has 0 saturated heterocycles. The highest BCUT2D eigenvalue weighted by Gasteiger charge is 2.18. The van der Waals surface area contributed by atoms with E-state index in [0.717, 1.165) is 5.56 Å². The zero-order chi connectivity index (χ0) is 12.1. The smallest absolute Gasteiger partial charge is 0.203 e. The van der Waals surface area contributed by atoms with Crippen molar-refractivity contribution in [2.24, 2.45) is 5.73 Å². The third-order valence-electron chi connectivity index (χ3n) is 2.35. The van der Waals surface area contributed by atoms with Crippen molar-refractivity contribution in [3.8, 4) is 17.2 Å². The van der Waals surface area contributed by atoms with Crippen LogP contribution in [-0.2, 0) is 0 Å². The Morgan fingerprint density at radius 3 is 2.19 bits per heavy atom. The minimum atomic E-state index is -0.297. The van der Waals surface area contributed by atoms with E-state index in [9.17, 15) is 0 Å². The van der Waals surface area contributed by atoms with Crippen LogP contribution in [0.1, 0.15) is 11.6 Å². The van der Waals surface area contributed by atoms with E-state index < -0.39 is 0 Å². The van der Waals surface area contributed by atoms with Crippen LogP contribution in [0.15, 0.2) is 24.8 Å². The fourth-order valence-corrected chi connectivity index (χ4v) is 1.51. The van der Waals surface area contributed by atoms with Gasteiger partial charge in [0.25, 0.3) is 0 Å². The maximum absolute atomic E-state index is 5.89. The lowest BCUT2D eigenvalue weighted by Gasteiger charge is -2.17. The zero-order valence-electron chi connectivity index (χ0n) is 9.82. The number of methoxy groups -OCH3 is 3. The van der Waals surface area contributed by atoms with Crippen molar-refractivity contribution < 1.29 is 14.2 Å². The number of rotatable bonds is 5. The Hall–Kier alpha value is -1.68. The molecule has 0 bridgehead atoms. The standard InChI is InChI=1S/C12H17NO3/c1-5-9(13)8-6-7-10(14-2)12(16-4)11(8)15-3/h5-7,9H,1,13H2,2-4H3/t9-/m0/s1. The molecular formula is C12H17NO3. The van der Waals surface area contributed by atoms with E-state index in [2.05, 4.69) is 6.58 Å². The van der Waals surface area contributed by atoms with Gasteiger partial charge in [-0.05, 0) is 12.1 Å². The molecule has 1 rings (SSSR count). The van der Waals surface area contributed by atoms with Crippen molar-refractivity contribution in [2.75, 3.05) is 21.3 Å². The molecule has 0 fully saturated rings. The number of nitrogens with two attached hydrogens (primary N) is 1. The monoisotopic (exact) mass is 223 g/mol. The zero-order valence-corrected chi connectivity index (χ0v) is 9.82. The van der Waals surface area contributed by atoms with Crippen LogP contribution < -0.4 is 19.9 Å². The van der Waals surface area contributed by atoms with E-state index in [1.165, 1.54) is 0 Å². The van der Waals surface area contributed by atoms with Crippen LogP contribution in [0.4, 0.5) is 0 Å². The summed E-state index contributed by atoms with van der Waals surface area (Å²) in [5.74, 6) is 1.73. The van der Waals surface area contributed by atoms with Crippen LogP contribution >= 0.6 is 0 Å². The molecule has 4 nitrogen and oxygen atoms in total. The molecule has 0 aliphatic heterocycles. The second-order valence-corrected chi connectivity index (χ2v) is 3.19. The molecule has 0 amide bonds. The van der Waals surface area contributed by atoms with Gasteiger partial charge in [-0.1, -0.05) is 6.08 Å². The van der Waals surface area contributed by atoms with Gasteiger partial charge < -0.3 is 19.9 Å². The third kappa shape index (κ3) is 2.12. The summed E-state index contributed by atoms with van der Waals surface area (Å²) in [4.78, 5) is 0. The van der Waals surface area contributed by atoms with E-state index in [-0.39, 0.29) is 6.04 Å². The Balaban J connectivity index is 3.36. The topological polar surface area (TPSA) is 53.7 Å². The summed E-state index contributed by atoms with van der Waals surface area (Å²) in [5.41, 5.74) is 6.71. The molecule has 88 valence electrons. The number of benzene rings is 1. The predicted octanol–water partition coefficient (Wildman–Crippen LogP) is 1.90. The fraction of sp³-hybridized carbons (Fsp3) is 0.333. The van der Waals surface area contributed by atoms with Crippen LogP contribution in [-0.4, -0.2) is 21.3 Å². The highest BCUT2D eigenvalue weighted by atomic mass is 16.5. The Kier molecular flexibility index (Phi) is 4.19. The quantitative estimate of drug-likeness (QED) is 0.774. The highest BCUT2D eigenvalue weighted by Crippen LogP contribution is 2.41. The van der Waals surface area contributed by atoms with Crippen molar-refractivity contribution >= 4 is 0 Å². The van der Waals surface area contributed by atoms with Crippen LogP contribution in [0, 0.1) is 0 Å². The molecule has 4 heteroatoms. The Morgan fingerprint density at radius 1 is 1.12 bits per heavy atom. The summed E-state index contributed by atoms with van der Waals surface area (Å²) < 4.78 is 15.7. The van der Waals surface area contributed by atoms with Crippen LogP contribution in [0.25, 0.3) is 0 Å². The molecule has 0 heterocycles. The molecule has 1 aromatic carbocycles. The largest absolute Gasteiger partial charge is 0.493 e. The van der Waals surface area contributed by atoms with Crippen molar-refractivity contribution in [3.63, 3.8) is 0 Å². The van der Waals surface area contributed by atoms with Gasteiger partial charge in [0, 0.05) is 5.56 Å². The van der Waals surface area contributed by atoms with Crippen LogP contribution in [0.2, 0.25) is 0 Å². The first-order valence-electron chi connectivity index (χ1n) is 4.86. The molecule has 0 aromatic heterocycles. The van der Waals surface area contributed by atoms with Gasteiger partial charge in [0.05, 0.1) is 27.4 Å². The molecule has 2 N–H and O–H groups in total. The van der Waals surface area contributed by atoms with Gasteiger partial charge in [-0.2, -0.15) is 0 Å². The molecule has 1 aromatic rings. The van der Waals surface area contributed by atoms with Crippen molar-refractivity contribution in [1.82, 2.24) is 0 Å². The second-order valence-electron chi connectivity index (χ2n) is 3.19. The summed E-state index contributed by atoms with van der Waals surface area (Å²) in [6, 6.07) is 3.34. The molecular weight excluding hydrogens is 206 g/mol. The minimum absolute atomic E-state index is 0.297. The first kappa shape index (κ1) is 12.4. The average molecular weight is 223 g/mol. The first-order chi connectivity index (χ1) is 7.69. The minimum Gasteiger partial charge on any atom is -0.493 e. The van der Waals surface area contributed by atoms with Crippen molar-refractivity contribution in [3.05, 3.63) is 30.4 Å². The van der Waals surface area contributed by atoms with Crippen molar-refractivity contribution in [2.45, 2.75) is 6.04 Å². The SMILES string of the molecule is C=C[C@H](N)c1ccc(OC)c(OC)c1OC. The number of ether oxygens (including phenoxy) is 3. The maximum atomic E-state index is 5.89. The van der Waals surface area contributed by atoms with E-state index in [0.29, 0.717) is 17.2 Å². The van der Waals surface area contributed by atoms with Crippen LogP contribution in [0.3, 0.4) is 0 Å². The summed E-state index contributed by atoms with van der Waals surface area (Å²) in [7, 11) is 4.70. The van der Waals surface area contributed by atoms with E-state index >= 15 is 0 Å². The second kappa shape index (κ2) is 5.42. The predicted molar refractivity (Wildman–Crippen MR) is 63.2 cm³/mol. The number of hydrogen-bond donors (Lipinski definition) is 1. The van der Waals surface area contributed by atoms with Crippen molar-refractivity contribution in [1.29, 1.82) is 0 Å². The van der Waals surface area contributed by atoms with Gasteiger partial charge in [-0.25, -0.2) is 0 Å². The molecule has 16 heavy (non-hydrogen) atoms. The van der Waals surface area contributed by atoms with E-state index in [1.54, 1.807) is 33.5 Å². The Morgan fingerprint density at radius 2 is 1.75 bits per heavy atom.